The van der Waals surface area contributed by atoms with E-state index in [2.05, 4.69) is 16.0 Å². The van der Waals surface area contributed by atoms with E-state index in [9.17, 15) is 34.2 Å². The molecule has 0 aliphatic heterocycles. The average Bonchev–Trinajstić information content (AvgIpc) is 2.76. The number of carboxylic acids is 1. The Morgan fingerprint density at radius 1 is 0.861 bits per heavy atom. The molecular weight excluding hydrogens is 470 g/mol. The number of carbonyl (C=O) groups is 5. The average molecular weight is 508 g/mol. The van der Waals surface area contributed by atoms with Gasteiger partial charge in [0.25, 0.3) is 0 Å². The minimum absolute atomic E-state index is 0.0130. The molecule has 200 valence electrons. The van der Waals surface area contributed by atoms with Gasteiger partial charge in [-0.05, 0) is 36.0 Å². The number of phenols is 1. The summed E-state index contributed by atoms with van der Waals surface area (Å²) in [5.41, 5.74) is 11.8. The van der Waals surface area contributed by atoms with Crippen molar-refractivity contribution in [2.75, 3.05) is 0 Å². The van der Waals surface area contributed by atoms with Crippen LogP contribution in [0.1, 0.15) is 46.1 Å². The van der Waals surface area contributed by atoms with Crippen LogP contribution in [0.3, 0.4) is 0 Å². The molecule has 0 fully saturated rings. The summed E-state index contributed by atoms with van der Waals surface area (Å²) in [5, 5.41) is 26.2. The predicted molar refractivity (Wildman–Crippen MR) is 131 cm³/mol. The second-order valence-electron chi connectivity index (χ2n) is 9.47. The molecular formula is C24H37N5O7. The van der Waals surface area contributed by atoms with E-state index in [4.69, 9.17) is 11.5 Å². The smallest absolute Gasteiger partial charge is 0.326 e. The number of aliphatic carboxylic acids is 1. The summed E-state index contributed by atoms with van der Waals surface area (Å²) in [7, 11) is 0. The Bertz CT molecular complexity index is 933. The van der Waals surface area contributed by atoms with Crippen LogP contribution in [0.5, 0.6) is 5.75 Å². The lowest BCUT2D eigenvalue weighted by Crippen LogP contribution is -2.58. The Morgan fingerprint density at radius 2 is 1.39 bits per heavy atom. The number of rotatable bonds is 14. The van der Waals surface area contributed by atoms with Gasteiger partial charge in [-0.2, -0.15) is 0 Å². The van der Waals surface area contributed by atoms with E-state index in [0.717, 1.165) is 0 Å². The molecule has 0 saturated heterocycles. The summed E-state index contributed by atoms with van der Waals surface area (Å²) in [6, 6.07) is 1.14. The highest BCUT2D eigenvalue weighted by molar-refractivity contribution is 5.96. The molecule has 12 nitrogen and oxygen atoms in total. The fourth-order valence-electron chi connectivity index (χ4n) is 3.42. The number of nitrogens with two attached hydrogens (primary N) is 2. The van der Waals surface area contributed by atoms with Crippen molar-refractivity contribution in [3.63, 3.8) is 0 Å². The van der Waals surface area contributed by atoms with E-state index in [1.165, 1.54) is 12.1 Å². The van der Waals surface area contributed by atoms with Gasteiger partial charge in [-0.1, -0.05) is 39.8 Å². The molecule has 1 aromatic rings. The van der Waals surface area contributed by atoms with Crippen molar-refractivity contribution in [1.29, 1.82) is 0 Å². The second-order valence-corrected chi connectivity index (χ2v) is 9.47. The van der Waals surface area contributed by atoms with E-state index in [-0.39, 0.29) is 18.1 Å². The molecule has 36 heavy (non-hydrogen) atoms. The molecule has 0 aliphatic rings. The van der Waals surface area contributed by atoms with Crippen molar-refractivity contribution in [3.8, 4) is 5.75 Å². The maximum absolute atomic E-state index is 13.2. The lowest BCUT2D eigenvalue weighted by Gasteiger charge is -2.26. The van der Waals surface area contributed by atoms with Gasteiger partial charge in [0, 0.05) is 6.42 Å². The number of carbonyl (C=O) groups excluding carboxylic acids is 4. The highest BCUT2D eigenvalue weighted by Crippen LogP contribution is 2.12. The van der Waals surface area contributed by atoms with Crippen LogP contribution in [0.4, 0.5) is 0 Å². The molecule has 0 bridgehead atoms. The van der Waals surface area contributed by atoms with Crippen molar-refractivity contribution < 1.29 is 34.2 Å². The number of amides is 4. The van der Waals surface area contributed by atoms with Gasteiger partial charge in [0.2, 0.25) is 23.6 Å². The molecule has 0 radical (unpaired) electrons. The van der Waals surface area contributed by atoms with Crippen molar-refractivity contribution in [2.24, 2.45) is 23.3 Å². The number of hydrogen-bond acceptors (Lipinski definition) is 7. The van der Waals surface area contributed by atoms with Crippen LogP contribution in [-0.2, 0) is 30.4 Å². The maximum atomic E-state index is 13.2. The number of hydrogen-bond donors (Lipinski definition) is 7. The van der Waals surface area contributed by atoms with Crippen LogP contribution in [0.25, 0.3) is 0 Å². The fourth-order valence-corrected chi connectivity index (χ4v) is 3.42. The van der Waals surface area contributed by atoms with Gasteiger partial charge in [-0.3, -0.25) is 19.2 Å². The summed E-state index contributed by atoms with van der Waals surface area (Å²) in [5.74, 6) is -4.80. The van der Waals surface area contributed by atoms with Crippen LogP contribution < -0.4 is 27.4 Å². The summed E-state index contributed by atoms with van der Waals surface area (Å²) in [6.07, 6.45) is -0.229. The number of benzene rings is 1. The van der Waals surface area contributed by atoms with Crippen LogP contribution in [0.2, 0.25) is 0 Å². The number of phenolic OH excluding ortho intramolecular Hbond substituents is 1. The number of primary amides is 1. The van der Waals surface area contributed by atoms with Crippen LogP contribution in [0.15, 0.2) is 24.3 Å². The molecule has 4 amide bonds. The van der Waals surface area contributed by atoms with Crippen LogP contribution in [-0.4, -0.2) is 64.0 Å². The van der Waals surface area contributed by atoms with E-state index < -0.39 is 66.1 Å². The molecule has 0 saturated carbocycles. The van der Waals surface area contributed by atoms with Crippen LogP contribution in [0, 0.1) is 11.8 Å². The zero-order valence-electron chi connectivity index (χ0n) is 21.0. The van der Waals surface area contributed by atoms with E-state index in [1.54, 1.807) is 26.0 Å². The van der Waals surface area contributed by atoms with Gasteiger partial charge in [0.15, 0.2) is 0 Å². The lowest BCUT2D eigenvalue weighted by molar-refractivity contribution is -0.143. The van der Waals surface area contributed by atoms with Crippen molar-refractivity contribution >= 4 is 29.6 Å². The van der Waals surface area contributed by atoms with Gasteiger partial charge >= 0.3 is 5.97 Å². The van der Waals surface area contributed by atoms with E-state index >= 15 is 0 Å². The molecule has 4 unspecified atom stereocenters. The molecule has 0 aliphatic carbocycles. The SMILES string of the molecule is CC(C)CC(N)C(=O)NC(Cc1ccc(O)cc1)C(=O)NC(CC(N)=O)C(=O)NC(C(=O)O)C(C)C. The van der Waals surface area contributed by atoms with Crippen molar-refractivity contribution in [2.45, 2.75) is 71.1 Å². The minimum Gasteiger partial charge on any atom is -0.508 e. The minimum atomic E-state index is -1.47. The summed E-state index contributed by atoms with van der Waals surface area (Å²) < 4.78 is 0. The topological polar surface area (TPSA) is 214 Å². The number of carboxylic acid groups (broad SMARTS) is 1. The largest absolute Gasteiger partial charge is 0.508 e. The molecule has 1 aromatic carbocycles. The summed E-state index contributed by atoms with van der Waals surface area (Å²) in [4.78, 5) is 61.7. The van der Waals surface area contributed by atoms with Crippen LogP contribution >= 0.6 is 0 Å². The molecule has 4 atom stereocenters. The first kappa shape index (κ1) is 30.4. The Hall–Kier alpha value is -3.67. The first-order valence-corrected chi connectivity index (χ1v) is 11.7. The van der Waals surface area contributed by atoms with Gasteiger partial charge in [0.1, 0.15) is 23.9 Å². The highest BCUT2D eigenvalue weighted by Gasteiger charge is 2.32. The second kappa shape index (κ2) is 14.0. The predicted octanol–water partition coefficient (Wildman–Crippen LogP) is -0.621. The Labute approximate surface area is 210 Å². The normalized spacial score (nSPS) is 14.4. The molecule has 0 heterocycles. The number of nitrogens with one attached hydrogen (secondary N) is 3. The quantitative estimate of drug-likeness (QED) is 0.172. The Kier molecular flexibility index (Phi) is 11.8. The Balaban J connectivity index is 3.15. The summed E-state index contributed by atoms with van der Waals surface area (Å²) >= 11 is 0. The lowest BCUT2D eigenvalue weighted by atomic mass is 10.0. The van der Waals surface area contributed by atoms with E-state index in [1.807, 2.05) is 13.8 Å². The zero-order valence-corrected chi connectivity index (χ0v) is 21.0. The molecule has 0 spiro atoms. The first-order valence-electron chi connectivity index (χ1n) is 11.7. The fraction of sp³-hybridized carbons (Fsp3) is 0.542. The number of aromatic hydroxyl groups is 1. The maximum Gasteiger partial charge on any atom is 0.326 e. The highest BCUT2D eigenvalue weighted by atomic mass is 16.4. The third kappa shape index (κ3) is 10.3. The van der Waals surface area contributed by atoms with Gasteiger partial charge in [-0.25, -0.2) is 4.79 Å². The van der Waals surface area contributed by atoms with Gasteiger partial charge in [-0.15, -0.1) is 0 Å². The first-order chi connectivity index (χ1) is 16.7. The summed E-state index contributed by atoms with van der Waals surface area (Å²) in [6.45, 7) is 6.96. The van der Waals surface area contributed by atoms with Gasteiger partial charge in [0.05, 0.1) is 12.5 Å². The molecule has 12 heteroatoms. The monoisotopic (exact) mass is 507 g/mol. The molecule has 9 N–H and O–H groups in total. The Morgan fingerprint density at radius 3 is 1.86 bits per heavy atom. The van der Waals surface area contributed by atoms with Gasteiger partial charge < -0.3 is 37.6 Å². The third-order valence-electron chi connectivity index (χ3n) is 5.34. The van der Waals surface area contributed by atoms with Crippen molar-refractivity contribution in [1.82, 2.24) is 16.0 Å². The van der Waals surface area contributed by atoms with Crippen molar-refractivity contribution in [3.05, 3.63) is 29.8 Å². The molecule has 0 aromatic heterocycles. The standard InChI is InChI=1S/C24H37N5O7/c1-12(2)9-16(25)21(32)27-17(10-14-5-7-15(30)8-6-14)22(33)28-18(11-19(26)31)23(34)29-20(13(3)4)24(35)36/h5-8,12-13,16-18,20,30H,9-11,25H2,1-4H3,(H2,26,31)(H,27,32)(H,28,33)(H,29,34)(H,35,36). The molecule has 1 rings (SSSR count). The van der Waals surface area contributed by atoms with E-state index in [0.29, 0.717) is 12.0 Å². The zero-order chi connectivity index (χ0) is 27.6. The third-order valence-corrected chi connectivity index (χ3v) is 5.34.